The predicted octanol–water partition coefficient (Wildman–Crippen LogP) is 5.75. The van der Waals surface area contributed by atoms with Crippen LogP contribution in [0.5, 0.6) is 0 Å². The van der Waals surface area contributed by atoms with Crippen LogP contribution in [0.25, 0.3) is 16.9 Å². The fourth-order valence-electron chi connectivity index (χ4n) is 3.08. The van der Waals surface area contributed by atoms with Crippen LogP contribution in [-0.4, -0.2) is 21.3 Å². The first-order valence-electron chi connectivity index (χ1n) is 8.05. The molecular formula is C18H15BrCl2N4. The van der Waals surface area contributed by atoms with Crippen molar-refractivity contribution < 1.29 is 0 Å². The number of hydrogen-bond donors (Lipinski definition) is 1. The molecule has 3 heterocycles. The van der Waals surface area contributed by atoms with Crippen LogP contribution >= 0.6 is 39.1 Å². The smallest absolute Gasteiger partial charge is 0.133 e. The Labute approximate surface area is 164 Å². The van der Waals surface area contributed by atoms with E-state index in [-0.39, 0.29) is 0 Å². The number of halogens is 3. The van der Waals surface area contributed by atoms with E-state index in [1.165, 1.54) is 5.56 Å². The van der Waals surface area contributed by atoms with Crippen molar-refractivity contribution in [3.05, 3.63) is 56.7 Å². The van der Waals surface area contributed by atoms with Crippen molar-refractivity contribution in [1.82, 2.24) is 14.8 Å². The third kappa shape index (κ3) is 3.28. The van der Waals surface area contributed by atoms with Gasteiger partial charge in [0.25, 0.3) is 0 Å². The van der Waals surface area contributed by atoms with Gasteiger partial charge in [-0.3, -0.25) is 4.98 Å². The maximum atomic E-state index is 6.21. The number of hydrogen-bond acceptors (Lipinski definition) is 3. The van der Waals surface area contributed by atoms with Crippen LogP contribution in [0.15, 0.2) is 41.1 Å². The van der Waals surface area contributed by atoms with E-state index in [2.05, 4.69) is 26.2 Å². The molecule has 1 aliphatic rings. The number of fused-ring (bicyclic) bond motifs is 1. The second-order valence-corrected chi connectivity index (χ2v) is 7.69. The Hall–Kier alpha value is -1.56. The minimum absolute atomic E-state index is 0.516. The summed E-state index contributed by atoms with van der Waals surface area (Å²) in [7, 11) is 0. The Bertz CT molecular complexity index is 939. The summed E-state index contributed by atoms with van der Waals surface area (Å²) in [6.45, 7) is 0.927. The highest BCUT2D eigenvalue weighted by atomic mass is 79.9. The standard InChI is InChI=1S/C18H15BrCl2N4/c19-12-7-11(9-22-10-12)17-14-3-1-2-6-23-18(14)25(24-17)13-4-5-15(20)16(21)8-13/h4-5,7-10,23H,1-3,6H2. The summed E-state index contributed by atoms with van der Waals surface area (Å²) in [6.07, 6.45) is 6.85. The summed E-state index contributed by atoms with van der Waals surface area (Å²) >= 11 is 15.8. The van der Waals surface area contributed by atoms with Gasteiger partial charge in [-0.05, 0) is 59.5 Å². The van der Waals surface area contributed by atoms with Crippen LogP contribution in [0.2, 0.25) is 10.0 Å². The van der Waals surface area contributed by atoms with Gasteiger partial charge in [0.2, 0.25) is 0 Å². The van der Waals surface area contributed by atoms with Gasteiger partial charge in [0.05, 0.1) is 21.4 Å². The van der Waals surface area contributed by atoms with Crippen LogP contribution in [0, 0.1) is 0 Å². The minimum atomic E-state index is 0.516. The zero-order valence-corrected chi connectivity index (χ0v) is 16.4. The highest BCUT2D eigenvalue weighted by Crippen LogP contribution is 2.35. The van der Waals surface area contributed by atoms with Gasteiger partial charge in [0, 0.05) is 34.5 Å². The third-order valence-corrected chi connectivity index (χ3v) is 5.43. The molecule has 128 valence electrons. The van der Waals surface area contributed by atoms with E-state index < -0.39 is 0 Å². The highest BCUT2D eigenvalue weighted by Gasteiger charge is 2.22. The topological polar surface area (TPSA) is 42.7 Å². The number of nitrogens with one attached hydrogen (secondary N) is 1. The molecule has 25 heavy (non-hydrogen) atoms. The molecule has 1 aromatic carbocycles. The largest absolute Gasteiger partial charge is 0.370 e. The second-order valence-electron chi connectivity index (χ2n) is 5.96. The molecule has 0 spiro atoms. The van der Waals surface area contributed by atoms with E-state index in [0.717, 1.165) is 53.0 Å². The molecule has 0 radical (unpaired) electrons. The molecule has 4 nitrogen and oxygen atoms in total. The zero-order chi connectivity index (χ0) is 17.4. The molecule has 0 aliphatic carbocycles. The maximum absolute atomic E-state index is 6.21. The monoisotopic (exact) mass is 436 g/mol. The summed E-state index contributed by atoms with van der Waals surface area (Å²) in [5.41, 5.74) is 4.04. The van der Waals surface area contributed by atoms with Crippen LogP contribution in [0.4, 0.5) is 5.82 Å². The van der Waals surface area contributed by atoms with Gasteiger partial charge in [-0.15, -0.1) is 0 Å². The van der Waals surface area contributed by atoms with Crippen molar-refractivity contribution in [1.29, 1.82) is 0 Å². The summed E-state index contributed by atoms with van der Waals surface area (Å²) < 4.78 is 2.85. The molecule has 0 atom stereocenters. The minimum Gasteiger partial charge on any atom is -0.370 e. The van der Waals surface area contributed by atoms with E-state index in [1.807, 2.05) is 29.1 Å². The number of rotatable bonds is 2. The van der Waals surface area contributed by atoms with Crippen molar-refractivity contribution in [3.63, 3.8) is 0 Å². The highest BCUT2D eigenvalue weighted by molar-refractivity contribution is 9.10. The fourth-order valence-corrected chi connectivity index (χ4v) is 3.74. The summed E-state index contributed by atoms with van der Waals surface area (Å²) in [5, 5.41) is 9.45. The Kier molecular flexibility index (Phi) is 4.71. The lowest BCUT2D eigenvalue weighted by atomic mass is 10.1. The molecule has 0 saturated heterocycles. The first-order valence-corrected chi connectivity index (χ1v) is 9.60. The summed E-state index contributed by atoms with van der Waals surface area (Å²) in [6, 6.07) is 7.60. The number of anilines is 1. The van der Waals surface area contributed by atoms with Gasteiger partial charge in [-0.25, -0.2) is 4.68 Å². The molecule has 1 aliphatic heterocycles. The second kappa shape index (κ2) is 6.98. The molecule has 0 unspecified atom stereocenters. The molecule has 1 N–H and O–H groups in total. The van der Waals surface area contributed by atoms with E-state index >= 15 is 0 Å². The average molecular weight is 438 g/mol. The predicted molar refractivity (Wildman–Crippen MR) is 106 cm³/mol. The lowest BCUT2D eigenvalue weighted by molar-refractivity contribution is 0.780. The van der Waals surface area contributed by atoms with E-state index in [4.69, 9.17) is 28.3 Å². The number of pyridine rings is 1. The zero-order valence-electron chi connectivity index (χ0n) is 13.3. The molecule has 2 aromatic heterocycles. The summed E-state index contributed by atoms with van der Waals surface area (Å²) in [5.74, 6) is 1.02. The lowest BCUT2D eigenvalue weighted by Crippen LogP contribution is -2.07. The molecule has 0 fully saturated rings. The number of benzene rings is 1. The molecule has 0 bridgehead atoms. The molecule has 7 heteroatoms. The van der Waals surface area contributed by atoms with Crippen molar-refractivity contribution in [2.45, 2.75) is 19.3 Å². The summed E-state index contributed by atoms with van der Waals surface area (Å²) in [4.78, 5) is 4.29. The van der Waals surface area contributed by atoms with Gasteiger partial charge in [-0.1, -0.05) is 23.2 Å². The Morgan fingerprint density at radius 1 is 1.08 bits per heavy atom. The first kappa shape index (κ1) is 16.9. The fraction of sp³-hybridized carbons (Fsp3) is 0.222. The lowest BCUT2D eigenvalue weighted by Gasteiger charge is -2.10. The Morgan fingerprint density at radius 3 is 2.76 bits per heavy atom. The Balaban J connectivity index is 1.91. The van der Waals surface area contributed by atoms with Crippen molar-refractivity contribution in [3.8, 4) is 16.9 Å². The molecular weight excluding hydrogens is 423 g/mol. The van der Waals surface area contributed by atoms with Crippen molar-refractivity contribution >= 4 is 44.9 Å². The van der Waals surface area contributed by atoms with Gasteiger partial charge >= 0.3 is 0 Å². The van der Waals surface area contributed by atoms with E-state index in [0.29, 0.717) is 10.0 Å². The first-order chi connectivity index (χ1) is 12.1. The van der Waals surface area contributed by atoms with E-state index in [9.17, 15) is 0 Å². The molecule has 0 amide bonds. The van der Waals surface area contributed by atoms with Gasteiger partial charge in [0.15, 0.2) is 0 Å². The van der Waals surface area contributed by atoms with Crippen LogP contribution in [0.3, 0.4) is 0 Å². The molecule has 0 saturated carbocycles. The van der Waals surface area contributed by atoms with Gasteiger partial charge in [0.1, 0.15) is 5.82 Å². The van der Waals surface area contributed by atoms with E-state index in [1.54, 1.807) is 12.3 Å². The number of aromatic nitrogens is 3. The number of nitrogens with zero attached hydrogens (tertiary/aromatic N) is 3. The quantitative estimate of drug-likeness (QED) is 0.554. The third-order valence-electron chi connectivity index (χ3n) is 4.26. The van der Waals surface area contributed by atoms with Crippen LogP contribution < -0.4 is 5.32 Å². The van der Waals surface area contributed by atoms with Crippen LogP contribution in [-0.2, 0) is 6.42 Å². The normalized spacial score (nSPS) is 13.9. The molecule has 4 rings (SSSR count). The SMILES string of the molecule is Clc1ccc(-n2nc(-c3cncc(Br)c3)c3c2NCCCC3)cc1Cl. The average Bonchev–Trinajstić information content (AvgIpc) is 2.79. The van der Waals surface area contributed by atoms with Gasteiger partial charge < -0.3 is 5.32 Å². The van der Waals surface area contributed by atoms with Gasteiger partial charge in [-0.2, -0.15) is 5.10 Å². The van der Waals surface area contributed by atoms with Crippen molar-refractivity contribution in [2.75, 3.05) is 11.9 Å². The Morgan fingerprint density at radius 2 is 1.96 bits per heavy atom. The molecule has 3 aromatic rings. The maximum Gasteiger partial charge on any atom is 0.133 e. The van der Waals surface area contributed by atoms with Crippen LogP contribution in [0.1, 0.15) is 18.4 Å². The van der Waals surface area contributed by atoms with Crippen molar-refractivity contribution in [2.24, 2.45) is 0 Å².